The zero-order valence-electron chi connectivity index (χ0n) is 16.1. The average molecular weight is 407 g/mol. The molecule has 4 rings (SSSR count). The summed E-state index contributed by atoms with van der Waals surface area (Å²) >= 11 is 0. The number of rotatable bonds is 6. The second-order valence-electron chi connectivity index (χ2n) is 6.69. The van der Waals surface area contributed by atoms with Crippen LogP contribution in [0.4, 0.5) is 0 Å². The maximum atomic E-state index is 13.0. The summed E-state index contributed by atoms with van der Waals surface area (Å²) in [5.41, 5.74) is 3.64. The molecule has 29 heavy (non-hydrogen) atoms. The Morgan fingerprint density at radius 1 is 0.931 bits per heavy atom. The summed E-state index contributed by atoms with van der Waals surface area (Å²) < 4.78 is 32.0. The number of aromatic nitrogens is 4. The molecule has 0 unspecified atom stereocenters. The number of hydrogen-bond acceptors (Lipinski definition) is 4. The number of hydrogen-bond donors (Lipinski definition) is 1. The first-order valence-electron chi connectivity index (χ1n) is 9.16. The lowest BCUT2D eigenvalue weighted by molar-refractivity contribution is 0.580. The molecule has 148 valence electrons. The molecule has 2 aromatic heterocycles. The molecule has 1 N–H and O–H groups in total. The van der Waals surface area contributed by atoms with E-state index < -0.39 is 10.0 Å². The smallest absolute Gasteiger partial charge is 0.241 e. The molecule has 0 bridgehead atoms. The third-order valence-corrected chi connectivity index (χ3v) is 6.32. The molecule has 2 aromatic carbocycles. The van der Waals surface area contributed by atoms with E-state index in [-0.39, 0.29) is 11.4 Å². The molecule has 0 saturated heterocycles. The van der Waals surface area contributed by atoms with Crippen molar-refractivity contribution in [1.82, 2.24) is 24.3 Å². The Morgan fingerprint density at radius 3 is 2.31 bits per heavy atom. The molecule has 8 heteroatoms. The molecule has 0 saturated carbocycles. The van der Waals surface area contributed by atoms with Gasteiger partial charge in [-0.2, -0.15) is 10.2 Å². The van der Waals surface area contributed by atoms with Crippen LogP contribution in [0.3, 0.4) is 0 Å². The average Bonchev–Trinajstić information content (AvgIpc) is 3.36. The summed E-state index contributed by atoms with van der Waals surface area (Å²) in [5.74, 6) is 0. The van der Waals surface area contributed by atoms with Crippen LogP contribution in [-0.4, -0.2) is 28.0 Å². The van der Waals surface area contributed by atoms with Gasteiger partial charge in [0, 0.05) is 18.9 Å². The van der Waals surface area contributed by atoms with Gasteiger partial charge in [0.1, 0.15) is 4.90 Å². The third kappa shape index (κ3) is 3.85. The van der Waals surface area contributed by atoms with Crippen LogP contribution in [-0.2, 0) is 16.6 Å². The van der Waals surface area contributed by atoms with Crippen LogP contribution >= 0.6 is 0 Å². The van der Waals surface area contributed by atoms with Crippen LogP contribution in [0.15, 0.2) is 78.0 Å². The SMILES string of the molecule is Cc1nn(-c2ccccc2)c(C)c1S(=O)(=O)NCc1ccc(-n2cccn2)cc1. The maximum Gasteiger partial charge on any atom is 0.244 e. The second kappa shape index (κ2) is 7.65. The van der Waals surface area contributed by atoms with Crippen LogP contribution in [0.2, 0.25) is 0 Å². The van der Waals surface area contributed by atoms with E-state index in [1.165, 1.54) is 0 Å². The van der Waals surface area contributed by atoms with Crippen LogP contribution in [0.1, 0.15) is 17.0 Å². The Labute approximate surface area is 169 Å². The number of para-hydroxylation sites is 1. The highest BCUT2D eigenvalue weighted by Gasteiger charge is 2.24. The van der Waals surface area contributed by atoms with E-state index in [4.69, 9.17) is 0 Å². The van der Waals surface area contributed by atoms with E-state index in [2.05, 4.69) is 14.9 Å². The van der Waals surface area contributed by atoms with Crippen LogP contribution in [0, 0.1) is 13.8 Å². The fourth-order valence-corrected chi connectivity index (χ4v) is 4.68. The first-order chi connectivity index (χ1) is 14.0. The topological polar surface area (TPSA) is 81.8 Å². The number of sulfonamides is 1. The highest BCUT2D eigenvalue weighted by atomic mass is 32.2. The zero-order valence-corrected chi connectivity index (χ0v) is 17.0. The fourth-order valence-electron chi connectivity index (χ4n) is 3.28. The van der Waals surface area contributed by atoms with E-state index in [9.17, 15) is 8.42 Å². The molecule has 7 nitrogen and oxygen atoms in total. The van der Waals surface area contributed by atoms with Crippen molar-refractivity contribution in [2.24, 2.45) is 0 Å². The lowest BCUT2D eigenvalue weighted by atomic mass is 10.2. The minimum absolute atomic E-state index is 0.192. The lowest BCUT2D eigenvalue weighted by Gasteiger charge is -2.09. The maximum absolute atomic E-state index is 13.0. The molecule has 0 aliphatic heterocycles. The fraction of sp³-hybridized carbons (Fsp3) is 0.143. The number of benzene rings is 2. The van der Waals surface area contributed by atoms with Gasteiger partial charge in [-0.05, 0) is 49.7 Å². The van der Waals surface area contributed by atoms with Crippen molar-refractivity contribution in [3.63, 3.8) is 0 Å². The van der Waals surface area contributed by atoms with Crippen LogP contribution < -0.4 is 4.72 Å². The minimum atomic E-state index is -3.71. The summed E-state index contributed by atoms with van der Waals surface area (Å²) in [5, 5.41) is 8.61. The van der Waals surface area contributed by atoms with Gasteiger partial charge in [-0.1, -0.05) is 30.3 Å². The normalized spacial score (nSPS) is 11.7. The molecule has 0 aliphatic rings. The standard InChI is InChI=1S/C21H21N5O2S/c1-16-21(17(2)26(24-16)20-7-4-3-5-8-20)29(27,28)23-15-18-9-11-19(12-10-18)25-14-6-13-22-25/h3-14,23H,15H2,1-2H3. The van der Waals surface area contributed by atoms with E-state index in [0.29, 0.717) is 11.4 Å². The minimum Gasteiger partial charge on any atom is -0.241 e. The molecule has 0 radical (unpaired) electrons. The van der Waals surface area contributed by atoms with Gasteiger partial charge in [-0.25, -0.2) is 22.5 Å². The van der Waals surface area contributed by atoms with Gasteiger partial charge in [0.15, 0.2) is 0 Å². The Hall–Kier alpha value is -3.23. The summed E-state index contributed by atoms with van der Waals surface area (Å²) in [6.07, 6.45) is 3.57. The zero-order chi connectivity index (χ0) is 20.4. The Morgan fingerprint density at radius 2 is 1.66 bits per heavy atom. The Kier molecular flexibility index (Phi) is 5.04. The molecule has 2 heterocycles. The van der Waals surface area contributed by atoms with E-state index >= 15 is 0 Å². The van der Waals surface area contributed by atoms with Crippen molar-refractivity contribution in [2.45, 2.75) is 25.3 Å². The van der Waals surface area contributed by atoms with Crippen molar-refractivity contribution in [3.8, 4) is 11.4 Å². The molecule has 0 atom stereocenters. The van der Waals surface area contributed by atoms with Gasteiger partial charge in [0.05, 0.1) is 22.8 Å². The molecular weight excluding hydrogens is 386 g/mol. The van der Waals surface area contributed by atoms with Crippen molar-refractivity contribution >= 4 is 10.0 Å². The highest BCUT2D eigenvalue weighted by molar-refractivity contribution is 7.89. The quantitative estimate of drug-likeness (QED) is 0.532. The molecular formula is C21H21N5O2S. The highest BCUT2D eigenvalue weighted by Crippen LogP contribution is 2.22. The Balaban J connectivity index is 1.54. The summed E-state index contributed by atoms with van der Waals surface area (Å²) in [6, 6.07) is 18.9. The third-order valence-electron chi connectivity index (χ3n) is 4.67. The second-order valence-corrected chi connectivity index (χ2v) is 8.39. The van der Waals surface area contributed by atoms with Gasteiger partial charge >= 0.3 is 0 Å². The molecule has 4 aromatic rings. The van der Waals surface area contributed by atoms with Crippen molar-refractivity contribution in [3.05, 3.63) is 90.0 Å². The van der Waals surface area contributed by atoms with Gasteiger partial charge in [-0.3, -0.25) is 0 Å². The number of nitrogens with one attached hydrogen (secondary N) is 1. The summed E-state index contributed by atoms with van der Waals surface area (Å²) in [4.78, 5) is 0.217. The van der Waals surface area contributed by atoms with E-state index in [1.54, 1.807) is 29.4 Å². The van der Waals surface area contributed by atoms with Crippen molar-refractivity contribution in [1.29, 1.82) is 0 Å². The first-order valence-corrected chi connectivity index (χ1v) is 10.6. The predicted molar refractivity (Wildman–Crippen MR) is 111 cm³/mol. The van der Waals surface area contributed by atoms with Crippen LogP contribution in [0.5, 0.6) is 0 Å². The number of nitrogens with zero attached hydrogens (tertiary/aromatic N) is 4. The van der Waals surface area contributed by atoms with Gasteiger partial charge in [0.2, 0.25) is 10.0 Å². The number of aryl methyl sites for hydroxylation is 1. The van der Waals surface area contributed by atoms with E-state index in [0.717, 1.165) is 16.9 Å². The molecule has 0 fully saturated rings. The monoisotopic (exact) mass is 407 g/mol. The van der Waals surface area contributed by atoms with Gasteiger partial charge in [-0.15, -0.1) is 0 Å². The molecule has 0 amide bonds. The lowest BCUT2D eigenvalue weighted by Crippen LogP contribution is -2.24. The first kappa shape index (κ1) is 19.1. The Bertz CT molecular complexity index is 1210. The van der Waals surface area contributed by atoms with Crippen molar-refractivity contribution < 1.29 is 8.42 Å². The van der Waals surface area contributed by atoms with E-state index in [1.807, 2.05) is 66.9 Å². The summed E-state index contributed by atoms with van der Waals surface area (Å²) in [7, 11) is -3.71. The van der Waals surface area contributed by atoms with Crippen LogP contribution in [0.25, 0.3) is 11.4 Å². The molecule has 0 aliphatic carbocycles. The predicted octanol–water partition coefficient (Wildman–Crippen LogP) is 3.15. The van der Waals surface area contributed by atoms with Gasteiger partial charge in [0.25, 0.3) is 0 Å². The molecule has 0 spiro atoms. The summed E-state index contributed by atoms with van der Waals surface area (Å²) in [6.45, 7) is 3.66. The van der Waals surface area contributed by atoms with Crippen molar-refractivity contribution in [2.75, 3.05) is 0 Å². The largest absolute Gasteiger partial charge is 0.244 e. The van der Waals surface area contributed by atoms with Gasteiger partial charge < -0.3 is 0 Å².